The molecule has 0 aromatic rings. The summed E-state index contributed by atoms with van der Waals surface area (Å²) in [6, 6.07) is 0. The second kappa shape index (κ2) is 7.50. The molecule has 0 aromatic heterocycles. The maximum absolute atomic E-state index is 13.4. The number of esters is 1. The van der Waals surface area contributed by atoms with Gasteiger partial charge in [-0.1, -0.05) is 20.8 Å². The summed E-state index contributed by atoms with van der Waals surface area (Å²) in [6.45, 7) is 7.12. The van der Waals surface area contributed by atoms with Crippen LogP contribution in [0.2, 0.25) is 0 Å². The lowest BCUT2D eigenvalue weighted by Crippen LogP contribution is -2.57. The molecule has 0 amide bonds. The van der Waals surface area contributed by atoms with E-state index < -0.39 is 0 Å². The first-order valence-electron chi connectivity index (χ1n) is 11.8. The van der Waals surface area contributed by atoms with Gasteiger partial charge in [-0.2, -0.15) is 0 Å². The van der Waals surface area contributed by atoms with Gasteiger partial charge in [-0.05, 0) is 78.9 Å². The van der Waals surface area contributed by atoms with Gasteiger partial charge < -0.3 is 4.74 Å². The van der Waals surface area contributed by atoms with E-state index in [0.717, 1.165) is 25.7 Å². The number of rotatable bonds is 4. The third-order valence-corrected chi connectivity index (χ3v) is 10.1. The normalized spacial score (nSPS) is 45.2. The molecule has 4 aliphatic carbocycles. The minimum absolute atomic E-state index is 0.117. The molecule has 0 heterocycles. The lowest BCUT2D eigenvalue weighted by molar-refractivity contribution is -0.159. The van der Waals surface area contributed by atoms with E-state index in [4.69, 9.17) is 4.74 Å². The molecule has 0 spiro atoms. The maximum atomic E-state index is 13.4. The topological polar surface area (TPSA) is 60.4 Å². The molecular formula is C25H38O4. The lowest BCUT2D eigenvalue weighted by Gasteiger charge is -2.59. The Labute approximate surface area is 175 Å². The van der Waals surface area contributed by atoms with Crippen LogP contribution < -0.4 is 0 Å². The van der Waals surface area contributed by atoms with Gasteiger partial charge in [-0.25, -0.2) is 0 Å². The Balaban J connectivity index is 1.54. The number of methoxy groups -OCH3 is 1. The summed E-state index contributed by atoms with van der Waals surface area (Å²) in [5, 5.41) is 0. The molecule has 4 aliphatic rings. The van der Waals surface area contributed by atoms with E-state index in [-0.39, 0.29) is 28.6 Å². The molecule has 4 rings (SSSR count). The Morgan fingerprint density at radius 2 is 1.79 bits per heavy atom. The van der Waals surface area contributed by atoms with Crippen LogP contribution in [0, 0.1) is 46.3 Å². The van der Waals surface area contributed by atoms with Crippen molar-refractivity contribution in [1.82, 2.24) is 0 Å². The minimum Gasteiger partial charge on any atom is -0.469 e. The summed E-state index contributed by atoms with van der Waals surface area (Å²) >= 11 is 0. The van der Waals surface area contributed by atoms with Crippen molar-refractivity contribution in [3.63, 3.8) is 0 Å². The second-order valence-corrected chi connectivity index (χ2v) is 11.2. The zero-order valence-corrected chi connectivity index (χ0v) is 18.7. The van der Waals surface area contributed by atoms with Crippen LogP contribution in [0.15, 0.2) is 0 Å². The van der Waals surface area contributed by atoms with E-state index in [1.807, 2.05) is 0 Å². The standard InChI is InChI=1S/C25H38O4/c1-15(5-8-22(28)29-4)18-6-7-19-23-20(10-12-25(18,19)3)24(2)11-9-17(26)13-16(24)14-21(23)27/h15-16,18-20,23H,5-14H2,1-4H3/t15-,16?,18-,19+,20+,23+,24+,25-/m1/s1. The first kappa shape index (κ1) is 21.1. The van der Waals surface area contributed by atoms with Crippen molar-refractivity contribution in [2.75, 3.05) is 7.11 Å². The predicted molar refractivity (Wildman–Crippen MR) is 111 cm³/mol. The fraction of sp³-hybridized carbons (Fsp3) is 0.880. The third-order valence-electron chi connectivity index (χ3n) is 10.1. The molecule has 4 nitrogen and oxygen atoms in total. The van der Waals surface area contributed by atoms with Crippen molar-refractivity contribution < 1.29 is 19.1 Å². The van der Waals surface area contributed by atoms with Crippen LogP contribution in [0.4, 0.5) is 0 Å². The highest BCUT2D eigenvalue weighted by molar-refractivity contribution is 5.86. The molecule has 162 valence electrons. The van der Waals surface area contributed by atoms with E-state index in [2.05, 4.69) is 20.8 Å². The molecule has 0 aliphatic heterocycles. The fourth-order valence-corrected chi connectivity index (χ4v) is 8.35. The Bertz CT molecular complexity index is 699. The van der Waals surface area contributed by atoms with E-state index in [0.29, 0.717) is 60.9 Å². The number of hydrogen-bond acceptors (Lipinski definition) is 4. The van der Waals surface area contributed by atoms with Gasteiger partial charge >= 0.3 is 5.97 Å². The molecule has 29 heavy (non-hydrogen) atoms. The molecule has 4 fully saturated rings. The molecule has 8 atom stereocenters. The number of hydrogen-bond donors (Lipinski definition) is 0. The van der Waals surface area contributed by atoms with E-state index in [1.54, 1.807) is 0 Å². The maximum Gasteiger partial charge on any atom is 0.305 e. The van der Waals surface area contributed by atoms with Crippen molar-refractivity contribution >= 4 is 17.5 Å². The number of carbonyl (C=O) groups is 3. The predicted octanol–water partition coefficient (Wildman–Crippen LogP) is 4.98. The Morgan fingerprint density at radius 1 is 1.07 bits per heavy atom. The van der Waals surface area contributed by atoms with E-state index >= 15 is 0 Å². The van der Waals surface area contributed by atoms with Crippen LogP contribution in [0.5, 0.6) is 0 Å². The van der Waals surface area contributed by atoms with Gasteiger partial charge in [0.05, 0.1) is 7.11 Å². The van der Waals surface area contributed by atoms with Gasteiger partial charge in [-0.3, -0.25) is 14.4 Å². The molecule has 0 N–H and O–H groups in total. The highest BCUT2D eigenvalue weighted by atomic mass is 16.5. The molecule has 0 radical (unpaired) electrons. The quantitative estimate of drug-likeness (QED) is 0.622. The van der Waals surface area contributed by atoms with Gasteiger partial charge in [0.1, 0.15) is 11.6 Å². The number of ketones is 2. The Morgan fingerprint density at radius 3 is 2.52 bits per heavy atom. The number of Topliss-reactive ketones (excluding diaryl/α,β-unsaturated/α-hetero) is 2. The van der Waals surface area contributed by atoms with Crippen LogP contribution in [-0.2, 0) is 19.1 Å². The zero-order valence-electron chi connectivity index (χ0n) is 18.7. The van der Waals surface area contributed by atoms with Crippen LogP contribution in [0.1, 0.15) is 85.0 Å². The van der Waals surface area contributed by atoms with Gasteiger partial charge in [0, 0.05) is 31.6 Å². The first-order valence-corrected chi connectivity index (χ1v) is 11.8. The van der Waals surface area contributed by atoms with Crippen molar-refractivity contribution in [2.24, 2.45) is 46.3 Å². The van der Waals surface area contributed by atoms with Crippen LogP contribution >= 0.6 is 0 Å². The van der Waals surface area contributed by atoms with Crippen LogP contribution in [0.25, 0.3) is 0 Å². The molecule has 4 heteroatoms. The SMILES string of the molecule is COC(=O)CC[C@@H](C)[C@H]1CC[C@H]2[C@@H]3C(=O)CC4CC(=O)CC[C@]4(C)[C@H]3CC[C@]12C. The number of fused-ring (bicyclic) bond motifs is 5. The molecule has 0 saturated heterocycles. The monoisotopic (exact) mass is 402 g/mol. The van der Waals surface area contributed by atoms with E-state index in [1.165, 1.54) is 20.0 Å². The average molecular weight is 403 g/mol. The molecule has 0 bridgehead atoms. The smallest absolute Gasteiger partial charge is 0.305 e. The van der Waals surface area contributed by atoms with E-state index in [9.17, 15) is 14.4 Å². The summed E-state index contributed by atoms with van der Waals surface area (Å²) in [7, 11) is 1.46. The Kier molecular flexibility index (Phi) is 5.44. The molecule has 4 saturated carbocycles. The summed E-state index contributed by atoms with van der Waals surface area (Å²) in [6.07, 6.45) is 8.96. The van der Waals surface area contributed by atoms with Gasteiger partial charge in [0.15, 0.2) is 0 Å². The van der Waals surface area contributed by atoms with Crippen molar-refractivity contribution in [3.8, 4) is 0 Å². The lowest BCUT2D eigenvalue weighted by atomic mass is 9.44. The van der Waals surface area contributed by atoms with Crippen LogP contribution in [-0.4, -0.2) is 24.6 Å². The van der Waals surface area contributed by atoms with Gasteiger partial charge in [0.25, 0.3) is 0 Å². The number of ether oxygens (including phenoxy) is 1. The highest BCUT2D eigenvalue weighted by Crippen LogP contribution is 2.67. The van der Waals surface area contributed by atoms with Gasteiger partial charge in [0.2, 0.25) is 0 Å². The molecular weight excluding hydrogens is 364 g/mol. The highest BCUT2D eigenvalue weighted by Gasteiger charge is 2.63. The minimum atomic E-state index is -0.117. The van der Waals surface area contributed by atoms with Crippen LogP contribution in [0.3, 0.4) is 0 Å². The van der Waals surface area contributed by atoms with Crippen molar-refractivity contribution in [2.45, 2.75) is 85.0 Å². The zero-order chi connectivity index (χ0) is 21.0. The summed E-state index contributed by atoms with van der Waals surface area (Å²) in [4.78, 5) is 37.1. The summed E-state index contributed by atoms with van der Waals surface area (Å²) < 4.78 is 4.84. The summed E-state index contributed by atoms with van der Waals surface area (Å²) in [5.74, 6) is 3.18. The third kappa shape index (κ3) is 3.29. The largest absolute Gasteiger partial charge is 0.469 e. The molecule has 1 unspecified atom stereocenters. The molecule has 0 aromatic carbocycles. The second-order valence-electron chi connectivity index (χ2n) is 11.2. The Hall–Kier alpha value is -1.19. The average Bonchev–Trinajstić information content (AvgIpc) is 3.04. The first-order chi connectivity index (χ1) is 13.7. The summed E-state index contributed by atoms with van der Waals surface area (Å²) in [5.41, 5.74) is 0.377. The van der Waals surface area contributed by atoms with Crippen molar-refractivity contribution in [1.29, 1.82) is 0 Å². The van der Waals surface area contributed by atoms with Crippen molar-refractivity contribution in [3.05, 3.63) is 0 Å². The fourth-order valence-electron chi connectivity index (χ4n) is 8.35. The number of carbonyl (C=O) groups excluding carboxylic acids is 3. The van der Waals surface area contributed by atoms with Gasteiger partial charge in [-0.15, -0.1) is 0 Å².